The third-order valence-electron chi connectivity index (χ3n) is 4.05. The number of nitrogens with one attached hydrogen (secondary N) is 1. The van der Waals surface area contributed by atoms with Gasteiger partial charge in [-0.25, -0.2) is 0 Å². The Morgan fingerprint density at radius 2 is 1.85 bits per heavy atom. The lowest BCUT2D eigenvalue weighted by molar-refractivity contribution is -0.135. The van der Waals surface area contributed by atoms with Crippen molar-refractivity contribution in [3.63, 3.8) is 0 Å². The molecule has 1 aliphatic rings. The van der Waals surface area contributed by atoms with E-state index in [1.165, 1.54) is 0 Å². The molecule has 0 saturated carbocycles. The van der Waals surface area contributed by atoms with Crippen LogP contribution in [0.3, 0.4) is 0 Å². The molecule has 1 aromatic carbocycles. The minimum atomic E-state index is -0.421. The maximum Gasteiger partial charge on any atom is 0.250 e. The molecule has 3 unspecified atom stereocenters. The van der Waals surface area contributed by atoms with Gasteiger partial charge in [-0.15, -0.1) is 0 Å². The molecule has 1 aromatic rings. The summed E-state index contributed by atoms with van der Waals surface area (Å²) in [6.45, 7) is 5.96. The monoisotopic (exact) mass is 274 g/mol. The molecule has 4 heteroatoms. The summed E-state index contributed by atoms with van der Waals surface area (Å²) in [4.78, 5) is 26.7. The Balaban J connectivity index is 2.38. The first-order valence-corrected chi connectivity index (χ1v) is 7.28. The Hall–Kier alpha value is -1.84. The van der Waals surface area contributed by atoms with Crippen LogP contribution in [0.5, 0.6) is 0 Å². The minimum Gasteiger partial charge on any atom is -0.342 e. The van der Waals surface area contributed by atoms with Crippen LogP contribution in [-0.2, 0) is 9.59 Å². The third-order valence-corrected chi connectivity index (χ3v) is 4.05. The molecule has 2 rings (SSSR count). The van der Waals surface area contributed by atoms with Gasteiger partial charge in [0.2, 0.25) is 5.91 Å². The number of amides is 2. The highest BCUT2D eigenvalue weighted by Crippen LogP contribution is 2.25. The number of benzene rings is 1. The van der Waals surface area contributed by atoms with Gasteiger partial charge < -0.3 is 5.32 Å². The van der Waals surface area contributed by atoms with Crippen molar-refractivity contribution >= 4 is 17.5 Å². The van der Waals surface area contributed by atoms with Gasteiger partial charge in [0.05, 0.1) is 0 Å². The Morgan fingerprint density at radius 1 is 1.20 bits per heavy atom. The van der Waals surface area contributed by atoms with Gasteiger partial charge in [-0.3, -0.25) is 14.5 Å². The molecule has 1 saturated heterocycles. The van der Waals surface area contributed by atoms with Crippen LogP contribution < -0.4 is 10.2 Å². The van der Waals surface area contributed by atoms with E-state index in [-0.39, 0.29) is 17.7 Å². The average molecular weight is 274 g/mol. The topological polar surface area (TPSA) is 49.4 Å². The molecule has 4 nitrogen and oxygen atoms in total. The van der Waals surface area contributed by atoms with Crippen molar-refractivity contribution in [2.24, 2.45) is 5.92 Å². The van der Waals surface area contributed by atoms with Gasteiger partial charge in [0.15, 0.2) is 0 Å². The zero-order valence-electron chi connectivity index (χ0n) is 12.3. The van der Waals surface area contributed by atoms with Crippen molar-refractivity contribution in [1.82, 2.24) is 5.32 Å². The first-order chi connectivity index (χ1) is 9.60. The van der Waals surface area contributed by atoms with E-state index in [4.69, 9.17) is 0 Å². The normalized spacial score (nSPS) is 24.4. The number of hydrogen-bond donors (Lipinski definition) is 1. The van der Waals surface area contributed by atoms with E-state index in [1.54, 1.807) is 4.90 Å². The first kappa shape index (κ1) is 14.6. The molecule has 1 aliphatic heterocycles. The maximum atomic E-state index is 12.8. The van der Waals surface area contributed by atoms with E-state index in [1.807, 2.05) is 51.1 Å². The quantitative estimate of drug-likeness (QED) is 0.916. The molecule has 2 amide bonds. The summed E-state index contributed by atoms with van der Waals surface area (Å²) < 4.78 is 0. The predicted octanol–water partition coefficient (Wildman–Crippen LogP) is 2.34. The van der Waals surface area contributed by atoms with E-state index in [2.05, 4.69) is 5.32 Å². The second-order valence-corrected chi connectivity index (χ2v) is 5.34. The molecular weight excluding hydrogens is 252 g/mol. The van der Waals surface area contributed by atoms with Gasteiger partial charge in [0.1, 0.15) is 12.1 Å². The summed E-state index contributed by atoms with van der Waals surface area (Å²) in [6, 6.07) is 8.62. The summed E-state index contributed by atoms with van der Waals surface area (Å²) in [7, 11) is 0. The van der Waals surface area contributed by atoms with Crippen molar-refractivity contribution in [3.8, 4) is 0 Å². The van der Waals surface area contributed by atoms with Crippen LogP contribution >= 0.6 is 0 Å². The molecule has 3 atom stereocenters. The molecule has 0 aromatic heterocycles. The van der Waals surface area contributed by atoms with Gasteiger partial charge in [-0.1, -0.05) is 45.4 Å². The minimum absolute atomic E-state index is 0.00278. The molecule has 0 radical (unpaired) electrons. The summed E-state index contributed by atoms with van der Waals surface area (Å²) in [5, 5.41) is 2.89. The smallest absolute Gasteiger partial charge is 0.250 e. The van der Waals surface area contributed by atoms with Crippen molar-refractivity contribution in [2.45, 2.75) is 45.7 Å². The number of piperazine rings is 1. The maximum absolute atomic E-state index is 12.8. The van der Waals surface area contributed by atoms with E-state index in [9.17, 15) is 9.59 Å². The van der Waals surface area contributed by atoms with Crippen molar-refractivity contribution in [1.29, 1.82) is 0 Å². The van der Waals surface area contributed by atoms with Crippen molar-refractivity contribution in [3.05, 3.63) is 30.3 Å². The molecule has 1 heterocycles. The Labute approximate surface area is 120 Å². The number of carbonyl (C=O) groups is 2. The van der Waals surface area contributed by atoms with Crippen LogP contribution in [0.1, 0.15) is 33.6 Å². The standard InChI is InChI=1S/C16H22N2O2/c1-4-11(3)14-16(20)18(12-9-7-6-8-10-12)13(5-2)15(19)17-14/h6-11,13-14H,4-5H2,1-3H3,(H,17,19). The second-order valence-electron chi connectivity index (χ2n) is 5.34. The van der Waals surface area contributed by atoms with E-state index < -0.39 is 12.1 Å². The SMILES string of the molecule is CCC(C)C1NC(=O)C(CC)N(c2ccccc2)C1=O. The predicted molar refractivity (Wildman–Crippen MR) is 79.4 cm³/mol. The average Bonchev–Trinajstić information content (AvgIpc) is 2.48. The van der Waals surface area contributed by atoms with Crippen molar-refractivity contribution in [2.75, 3.05) is 4.90 Å². The highest BCUT2D eigenvalue weighted by Gasteiger charge is 2.41. The van der Waals surface area contributed by atoms with Crippen LogP contribution in [0.4, 0.5) is 5.69 Å². The van der Waals surface area contributed by atoms with Crippen LogP contribution in [0.15, 0.2) is 30.3 Å². The highest BCUT2D eigenvalue weighted by molar-refractivity contribution is 6.08. The fourth-order valence-corrected chi connectivity index (χ4v) is 2.62. The lowest BCUT2D eigenvalue weighted by Gasteiger charge is -2.40. The molecule has 1 N–H and O–H groups in total. The first-order valence-electron chi connectivity index (χ1n) is 7.28. The Morgan fingerprint density at radius 3 is 2.40 bits per heavy atom. The van der Waals surface area contributed by atoms with E-state index in [0.717, 1.165) is 12.1 Å². The molecule has 0 bridgehead atoms. The Bertz CT molecular complexity index is 487. The molecule has 20 heavy (non-hydrogen) atoms. The summed E-state index contributed by atoms with van der Waals surface area (Å²) >= 11 is 0. The summed E-state index contributed by atoms with van der Waals surface area (Å²) in [5.74, 6) is 0.0775. The largest absolute Gasteiger partial charge is 0.342 e. The van der Waals surface area contributed by atoms with Gasteiger partial charge >= 0.3 is 0 Å². The van der Waals surface area contributed by atoms with Gasteiger partial charge in [0, 0.05) is 5.69 Å². The number of hydrogen-bond acceptors (Lipinski definition) is 2. The molecule has 108 valence electrons. The lowest BCUT2D eigenvalue weighted by atomic mass is 9.93. The van der Waals surface area contributed by atoms with E-state index >= 15 is 0 Å². The zero-order valence-corrected chi connectivity index (χ0v) is 12.3. The summed E-state index contributed by atoms with van der Waals surface area (Å²) in [5.41, 5.74) is 0.799. The zero-order chi connectivity index (χ0) is 14.7. The van der Waals surface area contributed by atoms with Gasteiger partial charge in [-0.2, -0.15) is 0 Å². The Kier molecular flexibility index (Phi) is 4.42. The third kappa shape index (κ3) is 2.55. The van der Waals surface area contributed by atoms with Gasteiger partial charge in [0.25, 0.3) is 5.91 Å². The highest BCUT2D eigenvalue weighted by atomic mass is 16.2. The van der Waals surface area contributed by atoms with Crippen LogP contribution in [0.25, 0.3) is 0 Å². The number of carbonyl (C=O) groups excluding carboxylic acids is 2. The van der Waals surface area contributed by atoms with Gasteiger partial charge in [-0.05, 0) is 24.5 Å². The fraction of sp³-hybridized carbons (Fsp3) is 0.500. The number of nitrogens with zero attached hydrogens (tertiary/aromatic N) is 1. The fourth-order valence-electron chi connectivity index (χ4n) is 2.62. The van der Waals surface area contributed by atoms with E-state index in [0.29, 0.717) is 6.42 Å². The molecular formula is C16H22N2O2. The van der Waals surface area contributed by atoms with Crippen LogP contribution in [0.2, 0.25) is 0 Å². The summed E-state index contributed by atoms with van der Waals surface area (Å²) in [6.07, 6.45) is 1.47. The number of para-hydroxylation sites is 1. The second kappa shape index (κ2) is 6.07. The van der Waals surface area contributed by atoms with Crippen LogP contribution in [-0.4, -0.2) is 23.9 Å². The number of anilines is 1. The molecule has 1 fully saturated rings. The molecule has 0 aliphatic carbocycles. The van der Waals surface area contributed by atoms with Crippen LogP contribution in [0, 0.1) is 5.92 Å². The lowest BCUT2D eigenvalue weighted by Crippen LogP contribution is -2.65. The van der Waals surface area contributed by atoms with Crippen molar-refractivity contribution < 1.29 is 9.59 Å². The molecule has 0 spiro atoms. The number of rotatable bonds is 4.